The van der Waals surface area contributed by atoms with E-state index in [1.807, 2.05) is 6.92 Å². The van der Waals surface area contributed by atoms with Crippen LogP contribution in [0.15, 0.2) is 12.5 Å². The summed E-state index contributed by atoms with van der Waals surface area (Å²) in [5.74, 6) is 1.37. The molecule has 0 aromatic carbocycles. The molecule has 0 saturated carbocycles. The number of nitrogens with two attached hydrogens (primary N) is 1. The monoisotopic (exact) mass is 205 g/mol. The fourth-order valence-corrected chi connectivity index (χ4v) is 1.30. The largest absolute Gasteiger partial charge is 0.480 e. The van der Waals surface area contributed by atoms with Gasteiger partial charge in [-0.25, -0.2) is 15.0 Å². The summed E-state index contributed by atoms with van der Waals surface area (Å²) in [6.07, 6.45) is 3.06. The summed E-state index contributed by atoms with van der Waals surface area (Å²) in [4.78, 5) is 15.1. The smallest absolute Gasteiger partial charge is 0.229 e. The summed E-state index contributed by atoms with van der Waals surface area (Å²) < 4.78 is 5.10. The number of nitrogen functional groups attached to an aromatic ring is 1. The molecule has 2 heterocycles. The SMILES string of the molecule is COc1ncnc(N)c1-c1ncc(C)[nH]1. The van der Waals surface area contributed by atoms with Crippen molar-refractivity contribution < 1.29 is 4.74 Å². The van der Waals surface area contributed by atoms with Crippen molar-refractivity contribution >= 4 is 5.82 Å². The van der Waals surface area contributed by atoms with Crippen LogP contribution in [0.4, 0.5) is 5.82 Å². The van der Waals surface area contributed by atoms with E-state index in [0.29, 0.717) is 23.1 Å². The fourth-order valence-electron chi connectivity index (χ4n) is 1.30. The van der Waals surface area contributed by atoms with Gasteiger partial charge in [0, 0.05) is 11.9 Å². The first-order chi connectivity index (χ1) is 7.22. The predicted molar refractivity (Wildman–Crippen MR) is 55.3 cm³/mol. The van der Waals surface area contributed by atoms with Crippen LogP contribution in [0.3, 0.4) is 0 Å². The van der Waals surface area contributed by atoms with Gasteiger partial charge in [0.25, 0.3) is 0 Å². The Labute approximate surface area is 86.5 Å². The molecule has 6 heteroatoms. The highest BCUT2D eigenvalue weighted by Crippen LogP contribution is 2.29. The summed E-state index contributed by atoms with van der Waals surface area (Å²) in [5, 5.41) is 0. The Morgan fingerprint density at radius 1 is 1.33 bits per heavy atom. The molecule has 0 aliphatic heterocycles. The molecule has 3 N–H and O–H groups in total. The van der Waals surface area contributed by atoms with Gasteiger partial charge in [-0.05, 0) is 6.92 Å². The number of aryl methyl sites for hydroxylation is 1. The number of methoxy groups -OCH3 is 1. The predicted octanol–water partition coefficient (Wildman–Crippen LogP) is 0.766. The summed E-state index contributed by atoms with van der Waals surface area (Å²) in [6, 6.07) is 0. The molecular weight excluding hydrogens is 194 g/mol. The van der Waals surface area contributed by atoms with Gasteiger partial charge in [-0.15, -0.1) is 0 Å². The standard InChI is InChI=1S/C9H11N5O/c1-5-3-11-8(14-5)6-7(10)12-4-13-9(6)15-2/h3-4H,1-2H3,(H,11,14)(H2,10,12,13). The van der Waals surface area contributed by atoms with Crippen LogP contribution in [0.25, 0.3) is 11.4 Å². The molecule has 0 saturated heterocycles. The van der Waals surface area contributed by atoms with Crippen LogP contribution in [0.2, 0.25) is 0 Å². The zero-order valence-electron chi connectivity index (χ0n) is 8.48. The van der Waals surface area contributed by atoms with Crippen LogP contribution < -0.4 is 10.5 Å². The molecule has 0 aliphatic rings. The molecule has 0 radical (unpaired) electrons. The van der Waals surface area contributed by atoms with Crippen molar-refractivity contribution in [3.8, 4) is 17.3 Å². The molecule has 2 aromatic heterocycles. The number of imidazole rings is 1. The van der Waals surface area contributed by atoms with Gasteiger partial charge in [0.15, 0.2) is 0 Å². The van der Waals surface area contributed by atoms with E-state index in [1.165, 1.54) is 13.4 Å². The Hall–Kier alpha value is -2.11. The van der Waals surface area contributed by atoms with E-state index in [0.717, 1.165) is 5.69 Å². The van der Waals surface area contributed by atoms with E-state index in [4.69, 9.17) is 10.5 Å². The van der Waals surface area contributed by atoms with Crippen molar-refractivity contribution in [2.45, 2.75) is 6.92 Å². The molecule has 78 valence electrons. The van der Waals surface area contributed by atoms with Gasteiger partial charge in [-0.3, -0.25) is 0 Å². The second-order valence-electron chi connectivity index (χ2n) is 3.06. The fraction of sp³-hybridized carbons (Fsp3) is 0.222. The topological polar surface area (TPSA) is 89.7 Å². The number of nitrogens with one attached hydrogen (secondary N) is 1. The molecule has 0 unspecified atom stereocenters. The van der Waals surface area contributed by atoms with E-state index in [9.17, 15) is 0 Å². The first kappa shape index (κ1) is 9.45. The number of ether oxygens (including phenoxy) is 1. The van der Waals surface area contributed by atoms with Crippen molar-refractivity contribution in [1.82, 2.24) is 19.9 Å². The number of hydrogen-bond donors (Lipinski definition) is 2. The number of H-pyrrole nitrogens is 1. The average Bonchev–Trinajstić information content (AvgIpc) is 2.64. The highest BCUT2D eigenvalue weighted by molar-refractivity contribution is 5.73. The number of nitrogens with zero attached hydrogens (tertiary/aromatic N) is 3. The lowest BCUT2D eigenvalue weighted by atomic mass is 10.3. The maximum Gasteiger partial charge on any atom is 0.229 e. The molecule has 0 amide bonds. The number of anilines is 1. The Balaban J connectivity index is 2.60. The minimum Gasteiger partial charge on any atom is -0.480 e. The van der Waals surface area contributed by atoms with Gasteiger partial charge >= 0.3 is 0 Å². The quantitative estimate of drug-likeness (QED) is 0.755. The van der Waals surface area contributed by atoms with Crippen LogP contribution in [0, 0.1) is 6.92 Å². The van der Waals surface area contributed by atoms with Gasteiger partial charge in [-0.2, -0.15) is 0 Å². The lowest BCUT2D eigenvalue weighted by molar-refractivity contribution is 0.398. The minimum absolute atomic E-state index is 0.344. The lowest BCUT2D eigenvalue weighted by Gasteiger charge is -2.05. The van der Waals surface area contributed by atoms with Crippen molar-refractivity contribution in [1.29, 1.82) is 0 Å². The number of aromatic nitrogens is 4. The van der Waals surface area contributed by atoms with Gasteiger partial charge in [0.2, 0.25) is 5.88 Å². The van der Waals surface area contributed by atoms with E-state index in [2.05, 4.69) is 19.9 Å². The molecule has 0 atom stereocenters. The third kappa shape index (κ3) is 1.61. The average molecular weight is 205 g/mol. The van der Waals surface area contributed by atoms with Gasteiger partial charge in [-0.1, -0.05) is 0 Å². The third-order valence-electron chi connectivity index (χ3n) is 1.97. The van der Waals surface area contributed by atoms with Crippen LogP contribution in [0.1, 0.15) is 5.69 Å². The van der Waals surface area contributed by atoms with E-state index >= 15 is 0 Å². The first-order valence-electron chi connectivity index (χ1n) is 4.39. The van der Waals surface area contributed by atoms with Gasteiger partial charge < -0.3 is 15.5 Å². The maximum absolute atomic E-state index is 5.75. The molecule has 15 heavy (non-hydrogen) atoms. The Morgan fingerprint density at radius 3 is 2.73 bits per heavy atom. The van der Waals surface area contributed by atoms with Crippen molar-refractivity contribution in [3.63, 3.8) is 0 Å². The van der Waals surface area contributed by atoms with Gasteiger partial charge in [0.05, 0.1) is 7.11 Å². The van der Waals surface area contributed by atoms with Crippen molar-refractivity contribution in [2.75, 3.05) is 12.8 Å². The summed E-state index contributed by atoms with van der Waals surface area (Å²) >= 11 is 0. The minimum atomic E-state index is 0.344. The molecule has 6 nitrogen and oxygen atoms in total. The maximum atomic E-state index is 5.75. The molecule has 2 rings (SSSR count). The van der Waals surface area contributed by atoms with Crippen LogP contribution in [0.5, 0.6) is 5.88 Å². The molecule has 0 spiro atoms. The highest BCUT2D eigenvalue weighted by Gasteiger charge is 2.14. The summed E-state index contributed by atoms with van der Waals surface area (Å²) in [6.45, 7) is 1.91. The van der Waals surface area contributed by atoms with Crippen LogP contribution >= 0.6 is 0 Å². The summed E-state index contributed by atoms with van der Waals surface area (Å²) in [5.41, 5.74) is 7.28. The normalized spacial score (nSPS) is 10.3. The van der Waals surface area contributed by atoms with E-state index in [1.54, 1.807) is 6.20 Å². The Bertz CT molecular complexity index is 479. The van der Waals surface area contributed by atoms with Crippen molar-refractivity contribution in [2.24, 2.45) is 0 Å². The second-order valence-corrected chi connectivity index (χ2v) is 3.06. The third-order valence-corrected chi connectivity index (χ3v) is 1.97. The number of hydrogen-bond acceptors (Lipinski definition) is 5. The van der Waals surface area contributed by atoms with E-state index in [-0.39, 0.29) is 0 Å². The second kappa shape index (κ2) is 3.56. The van der Waals surface area contributed by atoms with E-state index < -0.39 is 0 Å². The summed E-state index contributed by atoms with van der Waals surface area (Å²) in [7, 11) is 1.53. The Kier molecular flexibility index (Phi) is 2.24. The van der Waals surface area contributed by atoms with Gasteiger partial charge in [0.1, 0.15) is 23.5 Å². The number of aromatic amines is 1. The zero-order chi connectivity index (χ0) is 10.8. The number of rotatable bonds is 2. The molecular formula is C9H11N5O. The highest BCUT2D eigenvalue weighted by atomic mass is 16.5. The molecule has 0 fully saturated rings. The van der Waals surface area contributed by atoms with Crippen LogP contribution in [-0.2, 0) is 0 Å². The molecule has 0 bridgehead atoms. The van der Waals surface area contributed by atoms with Crippen LogP contribution in [-0.4, -0.2) is 27.0 Å². The molecule has 0 aliphatic carbocycles. The molecule has 2 aromatic rings. The lowest BCUT2D eigenvalue weighted by Crippen LogP contribution is -2.00. The first-order valence-corrected chi connectivity index (χ1v) is 4.39. The van der Waals surface area contributed by atoms with Crippen molar-refractivity contribution in [3.05, 3.63) is 18.2 Å². The zero-order valence-corrected chi connectivity index (χ0v) is 8.48. The Morgan fingerprint density at radius 2 is 2.13 bits per heavy atom.